The van der Waals surface area contributed by atoms with Crippen molar-refractivity contribution in [3.8, 4) is 5.75 Å². The molecule has 2 heterocycles. The number of benzene rings is 1. The van der Waals surface area contributed by atoms with Crippen LogP contribution in [-0.2, 0) is 12.8 Å². The predicted molar refractivity (Wildman–Crippen MR) is 89.2 cm³/mol. The van der Waals surface area contributed by atoms with Crippen LogP contribution in [0.5, 0.6) is 5.75 Å². The monoisotopic (exact) mass is 296 g/mol. The number of hydrogen-bond donors (Lipinski definition) is 1. The molecule has 1 N–H and O–H groups in total. The molecule has 22 heavy (non-hydrogen) atoms. The van der Waals surface area contributed by atoms with Gasteiger partial charge >= 0.3 is 0 Å². The standard InChI is InChI=1S/C19H24N2O/c1-2-17(3-1)21-12-8-15-4-5-19(14-16(15)9-13-21)22-18-6-10-20-11-7-18/h1-5,14,18,20H,6-13H2. The van der Waals surface area contributed by atoms with Crippen molar-refractivity contribution >= 4 is 0 Å². The summed E-state index contributed by atoms with van der Waals surface area (Å²) in [6.45, 7) is 4.39. The van der Waals surface area contributed by atoms with Crippen LogP contribution in [0.25, 0.3) is 0 Å². The van der Waals surface area contributed by atoms with Gasteiger partial charge in [-0.2, -0.15) is 0 Å². The van der Waals surface area contributed by atoms with Gasteiger partial charge in [-0.1, -0.05) is 12.1 Å². The van der Waals surface area contributed by atoms with E-state index in [9.17, 15) is 0 Å². The highest BCUT2D eigenvalue weighted by atomic mass is 16.5. The van der Waals surface area contributed by atoms with E-state index in [0.29, 0.717) is 6.10 Å². The lowest BCUT2D eigenvalue weighted by atomic mass is 10.0. The van der Waals surface area contributed by atoms with Gasteiger partial charge in [0, 0.05) is 18.8 Å². The number of fused-ring (bicyclic) bond motifs is 1. The number of nitrogens with one attached hydrogen (secondary N) is 1. The van der Waals surface area contributed by atoms with Gasteiger partial charge in [0.05, 0.1) is 0 Å². The highest BCUT2D eigenvalue weighted by molar-refractivity contribution is 5.39. The Hall–Kier alpha value is -1.74. The first-order chi connectivity index (χ1) is 10.9. The fourth-order valence-electron chi connectivity index (χ4n) is 3.53. The lowest BCUT2D eigenvalue weighted by molar-refractivity contribution is 0.162. The Morgan fingerprint density at radius 1 is 1.05 bits per heavy atom. The number of rotatable bonds is 3. The average molecular weight is 296 g/mol. The van der Waals surface area contributed by atoms with Crippen molar-refractivity contribution in [3.63, 3.8) is 0 Å². The van der Waals surface area contributed by atoms with Crippen LogP contribution in [-0.4, -0.2) is 37.2 Å². The number of ether oxygens (including phenoxy) is 1. The highest BCUT2D eigenvalue weighted by Gasteiger charge is 2.18. The van der Waals surface area contributed by atoms with Crippen molar-refractivity contribution in [1.82, 2.24) is 10.2 Å². The Bertz CT molecular complexity index is 599. The summed E-state index contributed by atoms with van der Waals surface area (Å²) < 4.78 is 6.19. The van der Waals surface area contributed by atoms with Crippen molar-refractivity contribution in [2.24, 2.45) is 0 Å². The molecule has 2 aliphatic heterocycles. The molecular formula is C19H24N2O. The Kier molecular flexibility index (Phi) is 3.90. The Morgan fingerprint density at radius 2 is 1.82 bits per heavy atom. The van der Waals surface area contributed by atoms with Crippen molar-refractivity contribution < 1.29 is 4.74 Å². The molecule has 0 aromatic heterocycles. The lowest BCUT2D eigenvalue weighted by Gasteiger charge is -2.26. The van der Waals surface area contributed by atoms with Crippen LogP contribution in [0.3, 0.4) is 0 Å². The number of nitrogens with zero attached hydrogens (tertiary/aromatic N) is 1. The largest absolute Gasteiger partial charge is 0.490 e. The Labute approximate surface area is 132 Å². The van der Waals surface area contributed by atoms with E-state index in [1.807, 2.05) is 0 Å². The minimum Gasteiger partial charge on any atom is -0.490 e. The van der Waals surface area contributed by atoms with Gasteiger partial charge in [-0.15, -0.1) is 0 Å². The molecule has 3 aliphatic rings. The summed E-state index contributed by atoms with van der Waals surface area (Å²) in [7, 11) is 0. The third kappa shape index (κ3) is 2.91. The summed E-state index contributed by atoms with van der Waals surface area (Å²) in [5.41, 5.74) is 4.35. The number of allylic oxidation sites excluding steroid dienone is 3. The van der Waals surface area contributed by atoms with Crippen molar-refractivity contribution in [2.75, 3.05) is 26.2 Å². The summed E-state index contributed by atoms with van der Waals surface area (Å²) in [6, 6.07) is 6.73. The summed E-state index contributed by atoms with van der Waals surface area (Å²) in [5, 5.41) is 3.39. The molecule has 0 atom stereocenters. The molecule has 1 saturated heterocycles. The second-order valence-corrected chi connectivity index (χ2v) is 6.44. The maximum absolute atomic E-state index is 6.19. The SMILES string of the molecule is C1=CC(N2CCc3ccc(OC4CCNCC4)cc3CC2)=C1. The maximum Gasteiger partial charge on any atom is 0.120 e. The molecule has 0 radical (unpaired) electrons. The zero-order valence-electron chi connectivity index (χ0n) is 13.1. The van der Waals surface area contributed by atoms with Gasteiger partial charge in [-0.3, -0.25) is 0 Å². The molecule has 1 aromatic carbocycles. The molecule has 1 aliphatic carbocycles. The number of hydrogen-bond acceptors (Lipinski definition) is 3. The van der Waals surface area contributed by atoms with Gasteiger partial charge in [0.25, 0.3) is 0 Å². The predicted octanol–water partition coefficient (Wildman–Crippen LogP) is 2.67. The Morgan fingerprint density at radius 3 is 2.55 bits per heavy atom. The third-order valence-corrected chi connectivity index (χ3v) is 4.97. The van der Waals surface area contributed by atoms with Gasteiger partial charge in [0.15, 0.2) is 0 Å². The normalized spacial score (nSPS) is 21.6. The number of piperidine rings is 1. The van der Waals surface area contributed by atoms with Gasteiger partial charge in [-0.25, -0.2) is 0 Å². The zero-order chi connectivity index (χ0) is 14.8. The van der Waals surface area contributed by atoms with Crippen LogP contribution < -0.4 is 10.1 Å². The van der Waals surface area contributed by atoms with Gasteiger partial charge in [0.2, 0.25) is 0 Å². The fraction of sp³-hybridized carbons (Fsp3) is 0.474. The van der Waals surface area contributed by atoms with Gasteiger partial charge < -0.3 is 15.0 Å². The van der Waals surface area contributed by atoms with E-state index in [1.54, 1.807) is 0 Å². The fourth-order valence-corrected chi connectivity index (χ4v) is 3.53. The molecule has 1 fully saturated rings. The van der Waals surface area contributed by atoms with Crippen molar-refractivity contribution in [1.29, 1.82) is 0 Å². The van der Waals surface area contributed by atoms with Crippen LogP contribution >= 0.6 is 0 Å². The summed E-state index contributed by atoms with van der Waals surface area (Å²) >= 11 is 0. The second-order valence-electron chi connectivity index (χ2n) is 6.44. The highest BCUT2D eigenvalue weighted by Crippen LogP contribution is 2.26. The molecule has 0 saturated carbocycles. The first-order valence-electron chi connectivity index (χ1n) is 8.51. The van der Waals surface area contributed by atoms with Crippen molar-refractivity contribution in [2.45, 2.75) is 31.8 Å². The third-order valence-electron chi connectivity index (χ3n) is 4.97. The van der Waals surface area contributed by atoms with E-state index in [-0.39, 0.29) is 0 Å². The van der Waals surface area contributed by atoms with Crippen molar-refractivity contribution in [3.05, 3.63) is 53.3 Å². The molecule has 0 spiro atoms. The second kappa shape index (κ2) is 6.17. The molecule has 0 amide bonds. The van der Waals surface area contributed by atoms with E-state index < -0.39 is 0 Å². The average Bonchev–Trinajstić information content (AvgIpc) is 2.70. The maximum atomic E-state index is 6.19. The molecule has 1 aromatic rings. The van der Waals surface area contributed by atoms with Gasteiger partial charge in [-0.05, 0) is 74.2 Å². The minimum absolute atomic E-state index is 0.381. The minimum atomic E-state index is 0.381. The summed E-state index contributed by atoms with van der Waals surface area (Å²) in [4.78, 5) is 2.49. The molecular weight excluding hydrogens is 272 g/mol. The quantitative estimate of drug-likeness (QED) is 0.928. The van der Waals surface area contributed by atoms with Crippen LogP contribution in [0.2, 0.25) is 0 Å². The molecule has 0 unspecified atom stereocenters. The molecule has 116 valence electrons. The molecule has 0 bridgehead atoms. The summed E-state index contributed by atoms with van der Waals surface area (Å²) in [6.07, 6.45) is 11.4. The molecule has 3 heteroatoms. The van der Waals surface area contributed by atoms with E-state index in [1.165, 1.54) is 16.8 Å². The lowest BCUT2D eigenvalue weighted by Crippen LogP contribution is -2.34. The van der Waals surface area contributed by atoms with E-state index in [4.69, 9.17) is 4.74 Å². The van der Waals surface area contributed by atoms with E-state index in [0.717, 1.165) is 57.6 Å². The van der Waals surface area contributed by atoms with Crippen LogP contribution in [0.4, 0.5) is 0 Å². The molecule has 4 rings (SSSR count). The first-order valence-corrected chi connectivity index (χ1v) is 8.51. The van der Waals surface area contributed by atoms with Crippen LogP contribution in [0.15, 0.2) is 42.1 Å². The smallest absolute Gasteiger partial charge is 0.120 e. The van der Waals surface area contributed by atoms with Gasteiger partial charge in [0.1, 0.15) is 11.9 Å². The van der Waals surface area contributed by atoms with E-state index in [2.05, 4.69) is 46.6 Å². The zero-order valence-corrected chi connectivity index (χ0v) is 13.1. The van der Waals surface area contributed by atoms with Crippen LogP contribution in [0.1, 0.15) is 24.0 Å². The van der Waals surface area contributed by atoms with E-state index >= 15 is 0 Å². The topological polar surface area (TPSA) is 24.5 Å². The first kappa shape index (κ1) is 13.9. The van der Waals surface area contributed by atoms with Crippen LogP contribution in [0, 0.1) is 0 Å². The Balaban J connectivity index is 1.44. The molecule has 3 nitrogen and oxygen atoms in total. The summed E-state index contributed by atoms with van der Waals surface area (Å²) in [5.74, 6) is 1.06.